The molecule has 0 radical (unpaired) electrons. The van der Waals surface area contributed by atoms with Crippen LogP contribution < -0.4 is 11.1 Å². The van der Waals surface area contributed by atoms with Crippen molar-refractivity contribution >= 4 is 11.6 Å². The normalized spacial score (nSPS) is 17.8. The molecule has 0 aliphatic carbocycles. The number of hydrogen-bond donors (Lipinski definition) is 2. The lowest BCUT2D eigenvalue weighted by molar-refractivity contribution is 0.0950. The third-order valence-electron chi connectivity index (χ3n) is 5.20. The first-order valence-corrected chi connectivity index (χ1v) is 9.46. The van der Waals surface area contributed by atoms with Gasteiger partial charge in [-0.2, -0.15) is 0 Å². The molecule has 2 aromatic carbocycles. The standard InChI is InChI=1S/C22H29N3O/c1-16-6-5-11-25(14-16)15-19-8-4-3-7-18(19)13-24-22(26)21-12-20(23)10-9-17(21)2/h3-4,7-10,12,16H,5-6,11,13-15,23H2,1-2H3,(H,24,26). The number of piperidine rings is 1. The van der Waals surface area contributed by atoms with Crippen LogP contribution in [0.5, 0.6) is 0 Å². The van der Waals surface area contributed by atoms with Crippen molar-refractivity contribution in [2.45, 2.75) is 39.8 Å². The molecule has 1 atom stereocenters. The molecule has 1 saturated heterocycles. The summed E-state index contributed by atoms with van der Waals surface area (Å²) < 4.78 is 0. The molecule has 1 heterocycles. The van der Waals surface area contributed by atoms with Gasteiger partial charge in [-0.1, -0.05) is 37.3 Å². The molecule has 0 bridgehead atoms. The van der Waals surface area contributed by atoms with Crippen molar-refractivity contribution in [2.75, 3.05) is 18.8 Å². The zero-order valence-electron chi connectivity index (χ0n) is 15.8. The van der Waals surface area contributed by atoms with Gasteiger partial charge in [0, 0.05) is 30.9 Å². The summed E-state index contributed by atoms with van der Waals surface area (Å²) in [5.41, 5.74) is 10.5. The molecule has 1 amide bonds. The van der Waals surface area contributed by atoms with E-state index < -0.39 is 0 Å². The Morgan fingerprint density at radius 1 is 1.23 bits per heavy atom. The highest BCUT2D eigenvalue weighted by molar-refractivity contribution is 5.96. The van der Waals surface area contributed by atoms with Gasteiger partial charge in [0.05, 0.1) is 0 Å². The average molecular weight is 351 g/mol. The maximum Gasteiger partial charge on any atom is 0.251 e. The quantitative estimate of drug-likeness (QED) is 0.807. The number of aryl methyl sites for hydroxylation is 1. The third-order valence-corrected chi connectivity index (χ3v) is 5.20. The largest absolute Gasteiger partial charge is 0.399 e. The Morgan fingerprint density at radius 3 is 2.77 bits per heavy atom. The fourth-order valence-corrected chi connectivity index (χ4v) is 3.71. The van der Waals surface area contributed by atoms with E-state index in [9.17, 15) is 4.79 Å². The van der Waals surface area contributed by atoms with Crippen LogP contribution in [0.15, 0.2) is 42.5 Å². The average Bonchev–Trinajstić information content (AvgIpc) is 2.63. The topological polar surface area (TPSA) is 58.4 Å². The molecule has 0 spiro atoms. The Kier molecular flexibility index (Phi) is 5.94. The fourth-order valence-electron chi connectivity index (χ4n) is 3.71. The summed E-state index contributed by atoms with van der Waals surface area (Å²) in [6.45, 7) is 8.06. The fraction of sp³-hybridized carbons (Fsp3) is 0.409. The van der Waals surface area contributed by atoms with Crippen LogP contribution in [0.4, 0.5) is 5.69 Å². The number of nitrogens with one attached hydrogen (secondary N) is 1. The van der Waals surface area contributed by atoms with Gasteiger partial charge in [-0.3, -0.25) is 9.69 Å². The Bertz CT molecular complexity index is 772. The molecule has 26 heavy (non-hydrogen) atoms. The first kappa shape index (κ1) is 18.5. The second kappa shape index (κ2) is 8.37. The monoisotopic (exact) mass is 351 g/mol. The van der Waals surface area contributed by atoms with Crippen molar-refractivity contribution in [1.82, 2.24) is 10.2 Å². The predicted octanol–water partition coefficient (Wildman–Crippen LogP) is 3.74. The van der Waals surface area contributed by atoms with E-state index >= 15 is 0 Å². The molecule has 4 nitrogen and oxygen atoms in total. The number of carbonyl (C=O) groups excluding carboxylic acids is 1. The molecule has 1 unspecified atom stereocenters. The number of likely N-dealkylation sites (tertiary alicyclic amines) is 1. The molecule has 138 valence electrons. The van der Waals surface area contributed by atoms with Crippen LogP contribution in [0.2, 0.25) is 0 Å². The molecular formula is C22H29N3O. The maximum atomic E-state index is 12.6. The minimum atomic E-state index is -0.0730. The first-order chi connectivity index (χ1) is 12.5. The molecule has 1 aliphatic rings. The summed E-state index contributed by atoms with van der Waals surface area (Å²) in [5, 5.41) is 3.06. The number of nitrogens with two attached hydrogens (primary N) is 1. The lowest BCUT2D eigenvalue weighted by Gasteiger charge is -2.31. The predicted molar refractivity (Wildman–Crippen MR) is 107 cm³/mol. The van der Waals surface area contributed by atoms with Crippen molar-refractivity contribution in [3.63, 3.8) is 0 Å². The van der Waals surface area contributed by atoms with Crippen LogP contribution in [0, 0.1) is 12.8 Å². The lowest BCUT2D eigenvalue weighted by atomic mass is 9.99. The van der Waals surface area contributed by atoms with E-state index in [2.05, 4.69) is 35.3 Å². The maximum absolute atomic E-state index is 12.6. The van der Waals surface area contributed by atoms with E-state index in [0.717, 1.165) is 31.1 Å². The van der Waals surface area contributed by atoms with Crippen molar-refractivity contribution in [3.8, 4) is 0 Å². The summed E-state index contributed by atoms with van der Waals surface area (Å²) in [5.74, 6) is 0.693. The second-order valence-electron chi connectivity index (χ2n) is 7.51. The number of nitrogen functional groups attached to an aromatic ring is 1. The molecule has 1 aliphatic heterocycles. The first-order valence-electron chi connectivity index (χ1n) is 9.46. The molecule has 3 N–H and O–H groups in total. The van der Waals surface area contributed by atoms with Gasteiger partial charge < -0.3 is 11.1 Å². The van der Waals surface area contributed by atoms with Crippen LogP contribution >= 0.6 is 0 Å². The van der Waals surface area contributed by atoms with Crippen LogP contribution in [0.1, 0.15) is 46.8 Å². The summed E-state index contributed by atoms with van der Waals surface area (Å²) in [4.78, 5) is 15.1. The van der Waals surface area contributed by atoms with Crippen LogP contribution in [-0.4, -0.2) is 23.9 Å². The van der Waals surface area contributed by atoms with Crippen LogP contribution in [0.25, 0.3) is 0 Å². The Labute approximate surface area is 156 Å². The van der Waals surface area contributed by atoms with E-state index in [1.165, 1.54) is 24.0 Å². The summed E-state index contributed by atoms with van der Waals surface area (Å²) >= 11 is 0. The molecule has 2 aromatic rings. The highest BCUT2D eigenvalue weighted by Gasteiger charge is 2.17. The van der Waals surface area contributed by atoms with Gasteiger partial charge in [0.25, 0.3) is 5.91 Å². The van der Waals surface area contributed by atoms with Gasteiger partial charge in [-0.25, -0.2) is 0 Å². The minimum absolute atomic E-state index is 0.0730. The van der Waals surface area contributed by atoms with Crippen molar-refractivity contribution in [3.05, 3.63) is 64.7 Å². The highest BCUT2D eigenvalue weighted by Crippen LogP contribution is 2.20. The van der Waals surface area contributed by atoms with Gasteiger partial charge >= 0.3 is 0 Å². The van der Waals surface area contributed by atoms with Gasteiger partial charge in [-0.05, 0) is 61.1 Å². The number of carbonyl (C=O) groups is 1. The molecule has 3 rings (SSSR count). The number of benzene rings is 2. The summed E-state index contributed by atoms with van der Waals surface area (Å²) in [6, 6.07) is 13.8. The van der Waals surface area contributed by atoms with Crippen LogP contribution in [0.3, 0.4) is 0 Å². The van der Waals surface area contributed by atoms with Gasteiger partial charge in [0.1, 0.15) is 0 Å². The Morgan fingerprint density at radius 2 is 2.00 bits per heavy atom. The smallest absolute Gasteiger partial charge is 0.251 e. The third kappa shape index (κ3) is 4.64. The van der Waals surface area contributed by atoms with E-state index in [-0.39, 0.29) is 5.91 Å². The van der Waals surface area contributed by atoms with Gasteiger partial charge in [0.2, 0.25) is 0 Å². The summed E-state index contributed by atoms with van der Waals surface area (Å²) in [7, 11) is 0. The Balaban J connectivity index is 1.66. The minimum Gasteiger partial charge on any atom is -0.399 e. The van der Waals surface area contributed by atoms with Gasteiger partial charge in [-0.15, -0.1) is 0 Å². The van der Waals surface area contributed by atoms with Crippen molar-refractivity contribution in [1.29, 1.82) is 0 Å². The molecule has 1 fully saturated rings. The molecule has 4 heteroatoms. The number of rotatable bonds is 5. The van der Waals surface area contributed by atoms with E-state index in [1.54, 1.807) is 6.07 Å². The lowest BCUT2D eigenvalue weighted by Crippen LogP contribution is -2.34. The van der Waals surface area contributed by atoms with Gasteiger partial charge in [0.15, 0.2) is 0 Å². The molecular weight excluding hydrogens is 322 g/mol. The SMILES string of the molecule is Cc1ccc(N)cc1C(=O)NCc1ccccc1CN1CCCC(C)C1. The summed E-state index contributed by atoms with van der Waals surface area (Å²) in [6.07, 6.45) is 2.60. The number of anilines is 1. The highest BCUT2D eigenvalue weighted by atomic mass is 16.1. The van der Waals surface area contributed by atoms with E-state index in [4.69, 9.17) is 5.73 Å². The Hall–Kier alpha value is -2.33. The van der Waals surface area contributed by atoms with Crippen LogP contribution in [-0.2, 0) is 13.1 Å². The second-order valence-corrected chi connectivity index (χ2v) is 7.51. The van der Waals surface area contributed by atoms with E-state index in [1.807, 2.05) is 25.1 Å². The number of nitrogens with zero attached hydrogens (tertiary/aromatic N) is 1. The molecule has 0 aromatic heterocycles. The number of amides is 1. The zero-order valence-corrected chi connectivity index (χ0v) is 15.8. The zero-order chi connectivity index (χ0) is 18.5. The van der Waals surface area contributed by atoms with E-state index in [0.29, 0.717) is 17.8 Å². The van der Waals surface area contributed by atoms with Crippen molar-refractivity contribution < 1.29 is 4.79 Å². The molecule has 0 saturated carbocycles. The van der Waals surface area contributed by atoms with Crippen molar-refractivity contribution in [2.24, 2.45) is 5.92 Å². The number of hydrogen-bond acceptors (Lipinski definition) is 3.